The van der Waals surface area contributed by atoms with Crippen LogP contribution < -0.4 is 0 Å². The molecule has 0 N–H and O–H groups in total. The van der Waals surface area contributed by atoms with Crippen LogP contribution in [0.5, 0.6) is 0 Å². The van der Waals surface area contributed by atoms with Crippen molar-refractivity contribution in [3.05, 3.63) is 70.8 Å². The predicted octanol–water partition coefficient (Wildman–Crippen LogP) is 6.69. The molecule has 0 aliphatic heterocycles. The fourth-order valence-electron chi connectivity index (χ4n) is 4.33. The maximum Gasteiger partial charge on any atom is 0.0208 e. The number of benzene rings is 2. The minimum atomic E-state index is 0.0860. The van der Waals surface area contributed by atoms with Crippen LogP contribution in [-0.4, -0.2) is 0 Å². The molecule has 2 rings (SSSR count). The van der Waals surface area contributed by atoms with Crippen molar-refractivity contribution < 1.29 is 0 Å². The number of hydrogen-bond acceptors (Lipinski definition) is 0. The van der Waals surface area contributed by atoms with E-state index in [-0.39, 0.29) is 5.41 Å². The van der Waals surface area contributed by atoms with E-state index in [9.17, 15) is 0 Å². The van der Waals surface area contributed by atoms with E-state index in [2.05, 4.69) is 83.1 Å². The minimum Gasteiger partial charge on any atom is -0.0654 e. The van der Waals surface area contributed by atoms with E-state index >= 15 is 0 Å². The van der Waals surface area contributed by atoms with Gasteiger partial charge in [0.25, 0.3) is 0 Å². The van der Waals surface area contributed by atoms with Crippen LogP contribution in [0.1, 0.15) is 69.2 Å². The molecule has 0 nitrogen and oxygen atoms in total. The van der Waals surface area contributed by atoms with Gasteiger partial charge >= 0.3 is 0 Å². The fraction of sp³-hybridized carbons (Fsp3) is 0.478. The normalized spacial score (nSPS) is 15.2. The van der Waals surface area contributed by atoms with Crippen LogP contribution in [0.3, 0.4) is 0 Å². The Bertz CT molecular complexity index is 625. The van der Waals surface area contributed by atoms with Gasteiger partial charge in [-0.15, -0.1) is 0 Å². The summed E-state index contributed by atoms with van der Waals surface area (Å²) in [5.74, 6) is 0.668. The number of rotatable bonds is 7. The smallest absolute Gasteiger partial charge is 0.0208 e. The Morgan fingerprint density at radius 1 is 0.870 bits per heavy atom. The summed E-state index contributed by atoms with van der Waals surface area (Å²) >= 11 is 0. The molecule has 124 valence electrons. The first kappa shape index (κ1) is 17.8. The van der Waals surface area contributed by atoms with Gasteiger partial charge in [0, 0.05) is 5.41 Å². The van der Waals surface area contributed by atoms with Crippen LogP contribution >= 0.6 is 0 Å². The van der Waals surface area contributed by atoms with Crippen LogP contribution in [0.15, 0.2) is 48.5 Å². The summed E-state index contributed by atoms with van der Waals surface area (Å²) in [4.78, 5) is 0. The maximum absolute atomic E-state index is 2.48. The highest BCUT2D eigenvalue weighted by molar-refractivity contribution is 5.47. The molecule has 0 saturated heterocycles. The van der Waals surface area contributed by atoms with Crippen LogP contribution in [-0.2, 0) is 11.8 Å². The molecule has 0 radical (unpaired) electrons. The number of aryl methyl sites for hydroxylation is 2. The van der Waals surface area contributed by atoms with Gasteiger partial charge in [-0.3, -0.25) is 0 Å². The van der Waals surface area contributed by atoms with E-state index in [4.69, 9.17) is 0 Å². The summed E-state index contributed by atoms with van der Waals surface area (Å²) < 4.78 is 0. The van der Waals surface area contributed by atoms with Gasteiger partial charge in [0.05, 0.1) is 0 Å². The van der Waals surface area contributed by atoms with E-state index in [0.717, 1.165) is 6.42 Å². The maximum atomic E-state index is 2.48. The zero-order valence-electron chi connectivity index (χ0n) is 15.5. The lowest BCUT2D eigenvalue weighted by Crippen LogP contribution is -2.35. The summed E-state index contributed by atoms with van der Waals surface area (Å²) in [5.41, 5.74) is 6.02. The van der Waals surface area contributed by atoms with Gasteiger partial charge in [-0.25, -0.2) is 0 Å². The molecule has 0 amide bonds. The Labute approximate surface area is 143 Å². The van der Waals surface area contributed by atoms with E-state index in [1.54, 1.807) is 0 Å². The third-order valence-corrected chi connectivity index (χ3v) is 5.61. The molecule has 0 aliphatic rings. The fourth-order valence-corrected chi connectivity index (χ4v) is 4.33. The lowest BCUT2D eigenvalue weighted by atomic mass is 9.63. The third kappa shape index (κ3) is 3.37. The van der Waals surface area contributed by atoms with Crippen molar-refractivity contribution in [2.75, 3.05) is 0 Å². The quantitative estimate of drug-likeness (QED) is 0.534. The molecule has 0 aromatic heterocycles. The molecule has 2 unspecified atom stereocenters. The van der Waals surface area contributed by atoms with Crippen molar-refractivity contribution in [3.8, 4) is 0 Å². The Morgan fingerprint density at radius 3 is 2.04 bits per heavy atom. The molecule has 0 fully saturated rings. The minimum absolute atomic E-state index is 0.0860. The average Bonchev–Trinajstić information content (AvgIpc) is 2.59. The molecular formula is C23H32. The van der Waals surface area contributed by atoms with Crippen molar-refractivity contribution in [2.45, 2.75) is 65.7 Å². The summed E-state index contributed by atoms with van der Waals surface area (Å²) in [7, 11) is 0. The summed E-state index contributed by atoms with van der Waals surface area (Å²) in [6, 6.07) is 18.0. The van der Waals surface area contributed by atoms with Gasteiger partial charge in [-0.2, -0.15) is 0 Å². The molecule has 2 aromatic carbocycles. The van der Waals surface area contributed by atoms with E-state index < -0.39 is 0 Å². The van der Waals surface area contributed by atoms with Crippen LogP contribution in [0, 0.1) is 12.8 Å². The topological polar surface area (TPSA) is 0 Å². The molecule has 0 heterocycles. The Kier molecular flexibility index (Phi) is 6.04. The van der Waals surface area contributed by atoms with Crippen LogP contribution in [0.25, 0.3) is 0 Å². The molecule has 0 saturated carbocycles. The van der Waals surface area contributed by atoms with Crippen molar-refractivity contribution in [1.29, 1.82) is 0 Å². The lowest BCUT2D eigenvalue weighted by molar-refractivity contribution is 0.308. The van der Waals surface area contributed by atoms with Gasteiger partial charge in [0.2, 0.25) is 0 Å². The Hall–Kier alpha value is -1.56. The zero-order chi connectivity index (χ0) is 16.9. The average molecular weight is 309 g/mol. The highest BCUT2D eigenvalue weighted by atomic mass is 14.4. The lowest BCUT2D eigenvalue weighted by Gasteiger charge is -2.41. The van der Waals surface area contributed by atoms with E-state index in [1.165, 1.54) is 41.5 Å². The van der Waals surface area contributed by atoms with Crippen LogP contribution in [0.2, 0.25) is 0 Å². The second-order valence-corrected chi connectivity index (χ2v) is 6.92. The molecule has 0 aliphatic carbocycles. The second kappa shape index (κ2) is 7.81. The van der Waals surface area contributed by atoms with Gasteiger partial charge < -0.3 is 0 Å². The first-order valence-electron chi connectivity index (χ1n) is 9.23. The molecular weight excluding hydrogens is 276 g/mol. The molecule has 0 heteroatoms. The van der Waals surface area contributed by atoms with Crippen LogP contribution in [0.4, 0.5) is 0 Å². The van der Waals surface area contributed by atoms with Gasteiger partial charge in [-0.1, -0.05) is 89.1 Å². The highest BCUT2D eigenvalue weighted by Gasteiger charge is 2.38. The monoisotopic (exact) mass is 308 g/mol. The molecule has 0 spiro atoms. The standard InChI is InChI=1S/C23H32/c1-6-13-20(8-3)23(5,21-16-11-9-14-18(21)4)22-17-12-10-15-19(22)7-2/h9-12,14-17,20H,6-8,13H2,1-5H3. The largest absolute Gasteiger partial charge is 0.0654 e. The molecule has 0 bridgehead atoms. The SMILES string of the molecule is CCCC(CC)C(C)(c1ccccc1C)c1ccccc1CC. The van der Waals surface area contributed by atoms with E-state index in [0.29, 0.717) is 5.92 Å². The summed E-state index contributed by atoms with van der Waals surface area (Å²) in [6.07, 6.45) is 4.84. The summed E-state index contributed by atoms with van der Waals surface area (Å²) in [5, 5.41) is 0. The first-order chi connectivity index (χ1) is 11.1. The van der Waals surface area contributed by atoms with Gasteiger partial charge in [-0.05, 0) is 47.9 Å². The van der Waals surface area contributed by atoms with Crippen molar-refractivity contribution in [2.24, 2.45) is 5.92 Å². The molecule has 2 aromatic rings. The first-order valence-corrected chi connectivity index (χ1v) is 9.23. The van der Waals surface area contributed by atoms with Gasteiger partial charge in [0.1, 0.15) is 0 Å². The predicted molar refractivity (Wildman–Crippen MR) is 102 cm³/mol. The zero-order valence-corrected chi connectivity index (χ0v) is 15.5. The Balaban J connectivity index is 2.72. The van der Waals surface area contributed by atoms with Crippen molar-refractivity contribution in [1.82, 2.24) is 0 Å². The molecule has 2 atom stereocenters. The second-order valence-electron chi connectivity index (χ2n) is 6.92. The van der Waals surface area contributed by atoms with Crippen molar-refractivity contribution >= 4 is 0 Å². The number of hydrogen-bond donors (Lipinski definition) is 0. The van der Waals surface area contributed by atoms with Crippen molar-refractivity contribution in [3.63, 3.8) is 0 Å². The Morgan fingerprint density at radius 2 is 1.48 bits per heavy atom. The molecule has 23 heavy (non-hydrogen) atoms. The third-order valence-electron chi connectivity index (χ3n) is 5.61. The highest BCUT2D eigenvalue weighted by Crippen LogP contribution is 2.45. The van der Waals surface area contributed by atoms with E-state index in [1.807, 2.05) is 0 Å². The summed E-state index contributed by atoms with van der Waals surface area (Å²) in [6.45, 7) is 11.7. The van der Waals surface area contributed by atoms with Gasteiger partial charge in [0.15, 0.2) is 0 Å².